The van der Waals surface area contributed by atoms with Crippen molar-refractivity contribution in [3.63, 3.8) is 0 Å². The zero-order valence-corrected chi connectivity index (χ0v) is 11.7. The summed E-state index contributed by atoms with van der Waals surface area (Å²) in [4.78, 5) is 21.3. The minimum Gasteiger partial charge on any atom is -0.416 e. The largest absolute Gasteiger partial charge is 0.416 e. The molecule has 0 bridgehead atoms. The van der Waals surface area contributed by atoms with Gasteiger partial charge in [-0.1, -0.05) is 30.3 Å². The molecule has 2 aromatic carbocycles. The first kappa shape index (κ1) is 12.6. The molecule has 0 atom stereocenters. The highest BCUT2D eigenvalue weighted by Crippen LogP contribution is 2.37. The van der Waals surface area contributed by atoms with E-state index in [0.717, 1.165) is 10.9 Å². The van der Waals surface area contributed by atoms with Crippen molar-refractivity contribution in [2.75, 3.05) is 7.11 Å². The molecule has 0 fully saturated rings. The number of hydrogen-bond acceptors (Lipinski definition) is 4. The predicted molar refractivity (Wildman–Crippen MR) is 83.9 cm³/mol. The molecule has 2 aromatic heterocycles. The molecule has 0 saturated heterocycles. The average Bonchev–Trinajstić information content (AvgIpc) is 2.85. The van der Waals surface area contributed by atoms with E-state index in [2.05, 4.69) is 4.98 Å². The van der Waals surface area contributed by atoms with Crippen LogP contribution in [0.2, 0.25) is 0 Å². The van der Waals surface area contributed by atoms with Gasteiger partial charge in [0.15, 0.2) is 5.52 Å². The van der Waals surface area contributed by atoms with Crippen molar-refractivity contribution in [1.29, 1.82) is 0 Å². The lowest BCUT2D eigenvalue weighted by Crippen LogP contribution is -2.06. The number of aromatic nitrogens is 2. The fraction of sp³-hybridized carbons (Fsp3) is 0.0625. The highest BCUT2D eigenvalue weighted by Gasteiger charge is 2.25. The van der Waals surface area contributed by atoms with Gasteiger partial charge in [0.25, 0.3) is 0 Å². The van der Waals surface area contributed by atoms with Crippen LogP contribution in [-0.2, 0) is 0 Å². The van der Waals surface area contributed by atoms with Gasteiger partial charge in [-0.15, -0.1) is 0 Å². The van der Waals surface area contributed by atoms with Crippen LogP contribution >= 0.6 is 0 Å². The van der Waals surface area contributed by atoms with Gasteiger partial charge >= 0.3 is 5.69 Å². The van der Waals surface area contributed by atoms with E-state index in [0.29, 0.717) is 21.9 Å². The molecule has 0 aliphatic rings. The van der Waals surface area contributed by atoms with Crippen LogP contribution in [-0.4, -0.2) is 21.7 Å². The van der Waals surface area contributed by atoms with E-state index in [1.807, 2.05) is 30.3 Å². The average molecular weight is 293 g/mol. The van der Waals surface area contributed by atoms with E-state index in [1.54, 1.807) is 18.2 Å². The first-order valence-electron chi connectivity index (χ1n) is 6.73. The number of benzene rings is 2. The molecule has 22 heavy (non-hydrogen) atoms. The van der Waals surface area contributed by atoms with Crippen LogP contribution in [0.5, 0.6) is 0 Å². The van der Waals surface area contributed by atoms with Crippen LogP contribution in [0.4, 0.5) is 5.69 Å². The Bertz CT molecular complexity index is 1050. The summed E-state index contributed by atoms with van der Waals surface area (Å²) in [5.74, 6) is 0. The smallest absolute Gasteiger partial charge is 0.307 e. The Hall–Kier alpha value is -3.15. The Kier molecular flexibility index (Phi) is 2.53. The number of nitrogens with zero attached hydrogens (tertiary/aromatic N) is 3. The molecule has 0 aliphatic carbocycles. The van der Waals surface area contributed by atoms with Crippen LogP contribution in [0, 0.1) is 10.1 Å². The van der Waals surface area contributed by atoms with E-state index >= 15 is 0 Å². The Balaban J connectivity index is 2.38. The minimum atomic E-state index is -0.374. The maximum Gasteiger partial charge on any atom is 0.307 e. The van der Waals surface area contributed by atoms with Gasteiger partial charge in [0.1, 0.15) is 12.6 Å². The third kappa shape index (κ3) is 1.52. The standard InChI is InChI=1S/C16H11N3O3/c1-22-18-13-9-5-3-7-11(13)14-16(18)15(19(20)21)10-6-2-4-8-12(10)17-14/h2-9H,1H3. The highest BCUT2D eigenvalue weighted by atomic mass is 16.6. The van der Waals surface area contributed by atoms with Crippen LogP contribution in [0.15, 0.2) is 48.5 Å². The first-order valence-corrected chi connectivity index (χ1v) is 6.73. The maximum atomic E-state index is 11.7. The molecule has 6 nitrogen and oxygen atoms in total. The van der Waals surface area contributed by atoms with Crippen molar-refractivity contribution in [3.8, 4) is 0 Å². The predicted octanol–water partition coefficient (Wildman–Crippen LogP) is 3.31. The molecule has 0 aliphatic heterocycles. The lowest BCUT2D eigenvalue weighted by Gasteiger charge is -2.05. The fourth-order valence-electron chi connectivity index (χ4n) is 2.91. The molecule has 0 saturated carbocycles. The van der Waals surface area contributed by atoms with E-state index in [1.165, 1.54) is 11.8 Å². The SMILES string of the molecule is COn1c2ccccc2c2nc3ccccc3c([N+](=O)[O-])c21. The zero-order valence-electron chi connectivity index (χ0n) is 11.7. The third-order valence-corrected chi connectivity index (χ3v) is 3.79. The van der Waals surface area contributed by atoms with E-state index < -0.39 is 0 Å². The normalized spacial score (nSPS) is 11.3. The number of nitro groups is 1. The van der Waals surface area contributed by atoms with Gasteiger partial charge < -0.3 is 4.84 Å². The van der Waals surface area contributed by atoms with Crippen molar-refractivity contribution in [3.05, 3.63) is 58.6 Å². The minimum absolute atomic E-state index is 0.0126. The molecule has 0 spiro atoms. The molecule has 0 unspecified atom stereocenters. The van der Waals surface area contributed by atoms with Gasteiger partial charge in [-0.3, -0.25) is 10.1 Å². The molecule has 4 rings (SSSR count). The molecule has 2 heterocycles. The molecule has 4 aromatic rings. The van der Waals surface area contributed by atoms with Crippen LogP contribution in [0.3, 0.4) is 0 Å². The second kappa shape index (κ2) is 4.42. The molecule has 0 radical (unpaired) electrons. The van der Waals surface area contributed by atoms with Crippen molar-refractivity contribution in [2.24, 2.45) is 0 Å². The monoisotopic (exact) mass is 293 g/mol. The van der Waals surface area contributed by atoms with Gasteiger partial charge in [0.05, 0.1) is 21.3 Å². The van der Waals surface area contributed by atoms with Gasteiger partial charge in [-0.2, -0.15) is 4.73 Å². The maximum absolute atomic E-state index is 11.7. The van der Waals surface area contributed by atoms with Crippen molar-refractivity contribution in [2.45, 2.75) is 0 Å². The first-order chi connectivity index (χ1) is 10.7. The summed E-state index contributed by atoms with van der Waals surface area (Å²) in [5, 5.41) is 13.0. The summed E-state index contributed by atoms with van der Waals surface area (Å²) in [7, 11) is 1.49. The summed E-state index contributed by atoms with van der Waals surface area (Å²) in [6, 6.07) is 14.6. The summed E-state index contributed by atoms with van der Waals surface area (Å²) in [5.41, 5.74) is 2.32. The summed E-state index contributed by atoms with van der Waals surface area (Å²) in [6.07, 6.45) is 0. The summed E-state index contributed by atoms with van der Waals surface area (Å²) in [6.45, 7) is 0. The molecule has 6 heteroatoms. The molecule has 0 N–H and O–H groups in total. The molecule has 0 amide bonds. The lowest BCUT2D eigenvalue weighted by atomic mass is 10.1. The van der Waals surface area contributed by atoms with E-state index in [-0.39, 0.29) is 10.6 Å². The van der Waals surface area contributed by atoms with Gasteiger partial charge in [-0.25, -0.2) is 4.98 Å². The molecular weight excluding hydrogens is 282 g/mol. The summed E-state index contributed by atoms with van der Waals surface area (Å²) < 4.78 is 1.47. The van der Waals surface area contributed by atoms with Crippen LogP contribution in [0.1, 0.15) is 0 Å². The van der Waals surface area contributed by atoms with Crippen LogP contribution < -0.4 is 4.84 Å². The Morgan fingerprint density at radius 1 is 1.09 bits per heavy atom. The number of fused-ring (bicyclic) bond motifs is 4. The third-order valence-electron chi connectivity index (χ3n) is 3.79. The number of rotatable bonds is 2. The van der Waals surface area contributed by atoms with Gasteiger partial charge in [0, 0.05) is 5.39 Å². The quantitative estimate of drug-likeness (QED) is 0.420. The second-order valence-corrected chi connectivity index (χ2v) is 4.93. The summed E-state index contributed by atoms with van der Waals surface area (Å²) >= 11 is 0. The molecular formula is C16H11N3O3. The Morgan fingerprint density at radius 2 is 1.77 bits per heavy atom. The van der Waals surface area contributed by atoms with Gasteiger partial charge in [-0.05, 0) is 18.2 Å². The number of hydrogen-bond donors (Lipinski definition) is 0. The van der Waals surface area contributed by atoms with E-state index in [4.69, 9.17) is 4.84 Å². The number of pyridine rings is 1. The highest BCUT2D eigenvalue weighted by molar-refractivity contribution is 6.14. The Labute approximate surface area is 124 Å². The van der Waals surface area contributed by atoms with Crippen molar-refractivity contribution < 1.29 is 9.76 Å². The fourth-order valence-corrected chi connectivity index (χ4v) is 2.91. The zero-order chi connectivity index (χ0) is 15.3. The topological polar surface area (TPSA) is 70.2 Å². The van der Waals surface area contributed by atoms with Crippen molar-refractivity contribution in [1.82, 2.24) is 9.71 Å². The second-order valence-electron chi connectivity index (χ2n) is 4.93. The van der Waals surface area contributed by atoms with Crippen molar-refractivity contribution >= 4 is 38.5 Å². The lowest BCUT2D eigenvalue weighted by molar-refractivity contribution is -0.381. The van der Waals surface area contributed by atoms with Gasteiger partial charge in [0.2, 0.25) is 0 Å². The molecule has 108 valence electrons. The van der Waals surface area contributed by atoms with Crippen LogP contribution in [0.25, 0.3) is 32.8 Å². The Morgan fingerprint density at radius 3 is 2.50 bits per heavy atom. The number of para-hydroxylation sites is 2. The van der Waals surface area contributed by atoms with E-state index in [9.17, 15) is 10.1 Å².